The van der Waals surface area contributed by atoms with Crippen molar-refractivity contribution in [1.82, 2.24) is 10.6 Å². The van der Waals surface area contributed by atoms with E-state index in [4.69, 9.17) is 0 Å². The fourth-order valence-corrected chi connectivity index (χ4v) is 3.55. The smallest absolute Gasteiger partial charge is 0.217 e. The maximum absolute atomic E-state index is 11.2. The van der Waals surface area contributed by atoms with Gasteiger partial charge in [-0.25, -0.2) is 0 Å². The van der Waals surface area contributed by atoms with Crippen LogP contribution in [0.3, 0.4) is 0 Å². The average Bonchev–Trinajstić information content (AvgIpc) is 2.58. The number of hydrogen-bond acceptors (Lipinski definition) is 2. The molecule has 1 aliphatic rings. The Hall–Kier alpha value is -2.13. The van der Waals surface area contributed by atoms with Crippen molar-refractivity contribution < 1.29 is 4.79 Å². The summed E-state index contributed by atoms with van der Waals surface area (Å²) in [5, 5.41) is 6.68. The highest BCUT2D eigenvalue weighted by molar-refractivity contribution is 5.73. The summed E-state index contributed by atoms with van der Waals surface area (Å²) in [5.41, 5.74) is 2.68. The third-order valence-corrected chi connectivity index (χ3v) is 4.58. The second kappa shape index (κ2) is 7.42. The minimum atomic E-state index is 0.0536. The normalized spacial score (nSPS) is 21.1. The van der Waals surface area contributed by atoms with Crippen LogP contribution in [0.1, 0.15) is 36.8 Å². The first kappa shape index (κ1) is 15.8. The van der Waals surface area contributed by atoms with E-state index in [1.165, 1.54) is 11.1 Å². The molecule has 1 saturated heterocycles. The fourth-order valence-electron chi connectivity index (χ4n) is 3.55. The number of hydrogen-bond donors (Lipinski definition) is 2. The molecule has 0 radical (unpaired) electrons. The second-order valence-electron chi connectivity index (χ2n) is 6.29. The van der Waals surface area contributed by atoms with E-state index < -0.39 is 0 Å². The van der Waals surface area contributed by atoms with Gasteiger partial charge in [0.2, 0.25) is 5.91 Å². The number of amides is 1. The highest BCUT2D eigenvalue weighted by atomic mass is 16.1. The molecule has 120 valence electrons. The zero-order chi connectivity index (χ0) is 16.1. The Bertz CT molecular complexity index is 579. The number of benzene rings is 2. The summed E-state index contributed by atoms with van der Waals surface area (Å²) >= 11 is 0. The summed E-state index contributed by atoms with van der Waals surface area (Å²) in [4.78, 5) is 11.2. The van der Waals surface area contributed by atoms with Crippen LogP contribution in [0.2, 0.25) is 0 Å². The minimum Gasteiger partial charge on any atom is -0.352 e. The topological polar surface area (TPSA) is 41.1 Å². The summed E-state index contributed by atoms with van der Waals surface area (Å²) in [5.74, 6) is 0.397. The van der Waals surface area contributed by atoms with Gasteiger partial charge in [-0.05, 0) is 24.0 Å². The fraction of sp³-hybridized carbons (Fsp3) is 0.350. The molecular weight excluding hydrogens is 284 g/mol. The number of piperidine rings is 1. The molecular formula is C20H24N2O. The van der Waals surface area contributed by atoms with Gasteiger partial charge >= 0.3 is 0 Å². The number of nitrogens with one attached hydrogen (secondary N) is 2. The van der Waals surface area contributed by atoms with E-state index in [0.29, 0.717) is 12.0 Å². The van der Waals surface area contributed by atoms with Crippen LogP contribution in [-0.4, -0.2) is 24.5 Å². The lowest BCUT2D eigenvalue weighted by molar-refractivity contribution is -0.119. The highest BCUT2D eigenvalue weighted by Gasteiger charge is 2.29. The summed E-state index contributed by atoms with van der Waals surface area (Å²) < 4.78 is 0. The molecule has 0 aromatic heterocycles. The molecule has 0 saturated carbocycles. The van der Waals surface area contributed by atoms with Crippen molar-refractivity contribution in [1.29, 1.82) is 0 Å². The first-order valence-corrected chi connectivity index (χ1v) is 8.34. The van der Waals surface area contributed by atoms with Gasteiger partial charge in [0.1, 0.15) is 0 Å². The van der Waals surface area contributed by atoms with E-state index in [2.05, 4.69) is 71.3 Å². The largest absolute Gasteiger partial charge is 0.352 e. The number of carbonyl (C=O) groups excluding carboxylic acids is 1. The number of rotatable bonds is 4. The van der Waals surface area contributed by atoms with Gasteiger partial charge in [-0.15, -0.1) is 0 Å². The summed E-state index contributed by atoms with van der Waals surface area (Å²) in [7, 11) is 0. The molecule has 2 atom stereocenters. The molecule has 23 heavy (non-hydrogen) atoms. The Kier molecular flexibility index (Phi) is 5.09. The maximum Gasteiger partial charge on any atom is 0.217 e. The van der Waals surface area contributed by atoms with Crippen molar-refractivity contribution in [2.45, 2.75) is 37.8 Å². The van der Waals surface area contributed by atoms with Crippen LogP contribution in [0, 0.1) is 0 Å². The summed E-state index contributed by atoms with van der Waals surface area (Å²) in [6, 6.07) is 22.0. The van der Waals surface area contributed by atoms with Gasteiger partial charge in [0.25, 0.3) is 0 Å². The van der Waals surface area contributed by atoms with Crippen molar-refractivity contribution in [2.75, 3.05) is 6.54 Å². The van der Waals surface area contributed by atoms with Crippen molar-refractivity contribution >= 4 is 5.91 Å². The molecule has 0 unspecified atom stereocenters. The lowest BCUT2D eigenvalue weighted by atomic mass is 9.81. The number of carbonyl (C=O) groups is 1. The Balaban J connectivity index is 1.79. The Morgan fingerprint density at radius 2 is 1.57 bits per heavy atom. The van der Waals surface area contributed by atoms with Gasteiger partial charge in [-0.2, -0.15) is 0 Å². The van der Waals surface area contributed by atoms with Crippen molar-refractivity contribution in [2.24, 2.45) is 0 Å². The average molecular weight is 308 g/mol. The van der Waals surface area contributed by atoms with E-state index in [-0.39, 0.29) is 11.9 Å². The van der Waals surface area contributed by atoms with Gasteiger partial charge in [-0.1, -0.05) is 60.7 Å². The van der Waals surface area contributed by atoms with Crippen LogP contribution in [-0.2, 0) is 4.79 Å². The van der Waals surface area contributed by atoms with Crippen LogP contribution in [0.15, 0.2) is 60.7 Å². The monoisotopic (exact) mass is 308 g/mol. The van der Waals surface area contributed by atoms with E-state index >= 15 is 0 Å². The van der Waals surface area contributed by atoms with Crippen LogP contribution in [0.4, 0.5) is 0 Å². The predicted octanol–water partition coefficient (Wildman–Crippen LogP) is 3.08. The summed E-state index contributed by atoms with van der Waals surface area (Å²) in [6.07, 6.45) is 2.08. The molecule has 0 spiro atoms. The van der Waals surface area contributed by atoms with E-state index in [1.807, 2.05) is 0 Å². The zero-order valence-electron chi connectivity index (χ0n) is 13.5. The van der Waals surface area contributed by atoms with Gasteiger partial charge < -0.3 is 10.6 Å². The van der Waals surface area contributed by atoms with Gasteiger partial charge in [0, 0.05) is 31.5 Å². The van der Waals surface area contributed by atoms with E-state index in [9.17, 15) is 4.79 Å². The quantitative estimate of drug-likeness (QED) is 0.911. The molecule has 2 aromatic rings. The van der Waals surface area contributed by atoms with Crippen LogP contribution >= 0.6 is 0 Å². The predicted molar refractivity (Wildman–Crippen MR) is 93.4 cm³/mol. The van der Waals surface area contributed by atoms with Crippen molar-refractivity contribution in [3.8, 4) is 0 Å². The summed E-state index contributed by atoms with van der Waals surface area (Å²) in [6.45, 7) is 2.42. The third-order valence-electron chi connectivity index (χ3n) is 4.58. The molecule has 1 fully saturated rings. The highest BCUT2D eigenvalue weighted by Crippen LogP contribution is 2.31. The molecule has 3 nitrogen and oxygen atoms in total. The lowest BCUT2D eigenvalue weighted by Gasteiger charge is -2.36. The molecule has 1 amide bonds. The minimum absolute atomic E-state index is 0.0536. The second-order valence-corrected chi connectivity index (χ2v) is 6.29. The molecule has 2 aromatic carbocycles. The molecule has 1 aliphatic heterocycles. The van der Waals surface area contributed by atoms with Gasteiger partial charge in [0.05, 0.1) is 0 Å². The Morgan fingerprint density at radius 3 is 2.00 bits per heavy atom. The molecule has 3 rings (SSSR count). The maximum atomic E-state index is 11.2. The molecule has 3 heteroatoms. The SMILES string of the molecule is CC(=O)N[C@H]1CC[C@H](C(c2ccccc2)c2ccccc2)NC1. The third kappa shape index (κ3) is 3.99. The molecule has 0 bridgehead atoms. The standard InChI is InChI=1S/C20H24N2O/c1-15(23)22-18-12-13-19(21-14-18)20(16-8-4-2-5-9-16)17-10-6-3-7-11-17/h2-11,18-21H,12-14H2,1H3,(H,22,23)/t18-,19+/m0/s1. The first-order chi connectivity index (χ1) is 11.2. The van der Waals surface area contributed by atoms with E-state index in [0.717, 1.165) is 19.4 Å². The van der Waals surface area contributed by atoms with Gasteiger partial charge in [0.15, 0.2) is 0 Å². The van der Waals surface area contributed by atoms with Crippen LogP contribution < -0.4 is 10.6 Å². The van der Waals surface area contributed by atoms with Crippen LogP contribution in [0.5, 0.6) is 0 Å². The van der Waals surface area contributed by atoms with E-state index in [1.54, 1.807) is 6.92 Å². The molecule has 2 N–H and O–H groups in total. The van der Waals surface area contributed by atoms with Crippen molar-refractivity contribution in [3.05, 3.63) is 71.8 Å². The lowest BCUT2D eigenvalue weighted by Crippen LogP contribution is -2.51. The van der Waals surface area contributed by atoms with Crippen LogP contribution in [0.25, 0.3) is 0 Å². The van der Waals surface area contributed by atoms with Crippen molar-refractivity contribution in [3.63, 3.8) is 0 Å². The Morgan fingerprint density at radius 1 is 1.00 bits per heavy atom. The first-order valence-electron chi connectivity index (χ1n) is 8.34. The zero-order valence-corrected chi connectivity index (χ0v) is 13.5. The molecule has 1 heterocycles. The van der Waals surface area contributed by atoms with Gasteiger partial charge in [-0.3, -0.25) is 4.79 Å². The Labute approximate surface area is 138 Å². The molecule has 0 aliphatic carbocycles.